The van der Waals surface area contributed by atoms with Crippen molar-refractivity contribution in [3.8, 4) is 12.3 Å². The number of likely N-dealkylation sites (tertiary alicyclic amines) is 1. The summed E-state index contributed by atoms with van der Waals surface area (Å²) in [7, 11) is 0. The van der Waals surface area contributed by atoms with Crippen LogP contribution < -0.4 is 5.32 Å². The molecule has 1 fully saturated rings. The summed E-state index contributed by atoms with van der Waals surface area (Å²) >= 11 is 0. The van der Waals surface area contributed by atoms with E-state index in [2.05, 4.69) is 30.0 Å². The van der Waals surface area contributed by atoms with Gasteiger partial charge in [-0.3, -0.25) is 4.90 Å². The van der Waals surface area contributed by atoms with Crippen LogP contribution in [0, 0.1) is 12.3 Å². The van der Waals surface area contributed by atoms with Crippen molar-refractivity contribution in [2.24, 2.45) is 0 Å². The van der Waals surface area contributed by atoms with Crippen LogP contribution in [0.3, 0.4) is 0 Å². The van der Waals surface area contributed by atoms with Gasteiger partial charge in [0.05, 0.1) is 6.04 Å². The van der Waals surface area contributed by atoms with Crippen molar-refractivity contribution in [1.82, 2.24) is 10.2 Å². The smallest absolute Gasteiger partial charge is 0.0684 e. The van der Waals surface area contributed by atoms with E-state index >= 15 is 0 Å². The Morgan fingerprint density at radius 3 is 2.53 bits per heavy atom. The van der Waals surface area contributed by atoms with E-state index in [1.54, 1.807) is 0 Å². The van der Waals surface area contributed by atoms with Crippen molar-refractivity contribution in [3.63, 3.8) is 0 Å². The Bertz CT molecular complexity index is 201. The highest BCUT2D eigenvalue weighted by atomic mass is 15.2. The first-order valence-electron chi connectivity index (χ1n) is 6.21. The van der Waals surface area contributed by atoms with Gasteiger partial charge >= 0.3 is 0 Å². The van der Waals surface area contributed by atoms with Crippen LogP contribution in [0.2, 0.25) is 0 Å². The topological polar surface area (TPSA) is 15.3 Å². The molecule has 1 rings (SSSR count). The van der Waals surface area contributed by atoms with E-state index in [1.165, 1.54) is 32.4 Å². The lowest BCUT2D eigenvalue weighted by Gasteiger charge is -2.33. The molecule has 2 unspecified atom stereocenters. The summed E-state index contributed by atoms with van der Waals surface area (Å²) in [6.45, 7) is 7.96. The average Bonchev–Trinajstić information content (AvgIpc) is 2.31. The van der Waals surface area contributed by atoms with E-state index in [1.807, 2.05) is 0 Å². The van der Waals surface area contributed by atoms with E-state index < -0.39 is 0 Å². The molecule has 1 aliphatic heterocycles. The number of hydrogen-bond acceptors (Lipinski definition) is 2. The zero-order chi connectivity index (χ0) is 11.1. The van der Waals surface area contributed by atoms with Gasteiger partial charge < -0.3 is 5.32 Å². The minimum absolute atomic E-state index is 0.247. The summed E-state index contributed by atoms with van der Waals surface area (Å²) in [5.41, 5.74) is 0. The van der Waals surface area contributed by atoms with Crippen molar-refractivity contribution >= 4 is 0 Å². The Labute approximate surface area is 94.4 Å². The molecule has 1 N–H and O–H groups in total. The summed E-state index contributed by atoms with van der Waals surface area (Å²) in [6.07, 6.45) is 10.6. The van der Waals surface area contributed by atoms with Gasteiger partial charge in [0.15, 0.2) is 0 Å². The SMILES string of the molecule is C#CC(CC)NCC(C)N1CCCCC1. The highest BCUT2D eigenvalue weighted by molar-refractivity contribution is 4.98. The lowest BCUT2D eigenvalue weighted by atomic mass is 10.1. The van der Waals surface area contributed by atoms with Crippen molar-refractivity contribution in [2.45, 2.75) is 51.6 Å². The summed E-state index contributed by atoms with van der Waals surface area (Å²) in [5.74, 6) is 2.78. The van der Waals surface area contributed by atoms with Gasteiger partial charge in [-0.25, -0.2) is 0 Å². The zero-order valence-electron chi connectivity index (χ0n) is 10.1. The van der Waals surface area contributed by atoms with Gasteiger partial charge in [-0.2, -0.15) is 0 Å². The molecule has 1 saturated heterocycles. The van der Waals surface area contributed by atoms with Gasteiger partial charge in [-0.15, -0.1) is 6.42 Å². The molecule has 1 aliphatic rings. The maximum atomic E-state index is 5.42. The van der Waals surface area contributed by atoms with E-state index in [0.29, 0.717) is 6.04 Å². The minimum atomic E-state index is 0.247. The molecule has 0 aromatic heterocycles. The molecule has 0 amide bonds. The number of nitrogens with one attached hydrogen (secondary N) is 1. The fourth-order valence-corrected chi connectivity index (χ4v) is 2.12. The fraction of sp³-hybridized carbons (Fsp3) is 0.846. The van der Waals surface area contributed by atoms with Crippen molar-refractivity contribution in [1.29, 1.82) is 0 Å². The molecular weight excluding hydrogens is 184 g/mol. The third-order valence-corrected chi connectivity index (χ3v) is 3.28. The first-order valence-corrected chi connectivity index (χ1v) is 6.21. The Balaban J connectivity index is 2.22. The number of nitrogens with zero attached hydrogens (tertiary/aromatic N) is 1. The Morgan fingerprint density at radius 2 is 2.00 bits per heavy atom. The molecule has 2 nitrogen and oxygen atoms in total. The van der Waals surface area contributed by atoms with E-state index in [0.717, 1.165) is 13.0 Å². The predicted molar refractivity (Wildman–Crippen MR) is 65.8 cm³/mol. The summed E-state index contributed by atoms with van der Waals surface area (Å²) in [5, 5.41) is 3.44. The molecule has 2 heteroatoms. The first-order chi connectivity index (χ1) is 7.27. The van der Waals surface area contributed by atoms with Crippen LogP contribution in [0.15, 0.2) is 0 Å². The number of terminal acetylenes is 1. The quantitative estimate of drug-likeness (QED) is 0.694. The second-order valence-electron chi connectivity index (χ2n) is 4.48. The lowest BCUT2D eigenvalue weighted by Crippen LogP contribution is -2.45. The summed E-state index contributed by atoms with van der Waals surface area (Å²) in [6, 6.07) is 0.866. The third kappa shape index (κ3) is 4.24. The summed E-state index contributed by atoms with van der Waals surface area (Å²) < 4.78 is 0. The molecule has 0 radical (unpaired) electrons. The second kappa shape index (κ2) is 6.87. The first kappa shape index (κ1) is 12.5. The molecule has 0 saturated carbocycles. The van der Waals surface area contributed by atoms with Crippen LogP contribution in [-0.2, 0) is 0 Å². The molecule has 2 atom stereocenters. The minimum Gasteiger partial charge on any atom is -0.302 e. The number of hydrogen-bond donors (Lipinski definition) is 1. The lowest BCUT2D eigenvalue weighted by molar-refractivity contribution is 0.169. The van der Waals surface area contributed by atoms with Crippen LogP contribution in [0.25, 0.3) is 0 Å². The predicted octanol–water partition coefficient (Wildman–Crippen LogP) is 1.86. The molecule has 1 heterocycles. The molecular formula is C13H24N2. The standard InChI is InChI=1S/C13H24N2/c1-4-13(5-2)14-11-12(3)15-9-7-6-8-10-15/h1,12-14H,5-11H2,2-3H3. The fourth-order valence-electron chi connectivity index (χ4n) is 2.12. The molecule has 86 valence electrons. The molecule has 0 spiro atoms. The zero-order valence-corrected chi connectivity index (χ0v) is 10.1. The molecule has 0 aliphatic carbocycles. The van der Waals surface area contributed by atoms with Gasteiger partial charge in [0.1, 0.15) is 0 Å². The van der Waals surface area contributed by atoms with Gasteiger partial charge in [0.2, 0.25) is 0 Å². The maximum absolute atomic E-state index is 5.42. The van der Waals surface area contributed by atoms with Crippen LogP contribution in [0.4, 0.5) is 0 Å². The van der Waals surface area contributed by atoms with E-state index in [4.69, 9.17) is 6.42 Å². The molecule has 0 aromatic rings. The third-order valence-electron chi connectivity index (χ3n) is 3.28. The van der Waals surface area contributed by atoms with Crippen LogP contribution >= 0.6 is 0 Å². The Kier molecular flexibility index (Phi) is 5.75. The average molecular weight is 208 g/mol. The molecule has 15 heavy (non-hydrogen) atoms. The van der Waals surface area contributed by atoms with Gasteiger partial charge in [-0.1, -0.05) is 19.3 Å². The highest BCUT2D eigenvalue weighted by Crippen LogP contribution is 2.11. The number of rotatable bonds is 5. The normalized spacial score (nSPS) is 21.9. The van der Waals surface area contributed by atoms with E-state index in [-0.39, 0.29) is 6.04 Å². The van der Waals surface area contributed by atoms with Crippen molar-refractivity contribution in [3.05, 3.63) is 0 Å². The number of piperidine rings is 1. The molecule has 0 bridgehead atoms. The second-order valence-corrected chi connectivity index (χ2v) is 4.48. The monoisotopic (exact) mass is 208 g/mol. The highest BCUT2D eigenvalue weighted by Gasteiger charge is 2.16. The Morgan fingerprint density at radius 1 is 1.33 bits per heavy atom. The maximum Gasteiger partial charge on any atom is 0.0684 e. The summed E-state index contributed by atoms with van der Waals surface area (Å²) in [4.78, 5) is 2.57. The van der Waals surface area contributed by atoms with Crippen molar-refractivity contribution in [2.75, 3.05) is 19.6 Å². The van der Waals surface area contributed by atoms with Gasteiger partial charge in [-0.05, 0) is 39.3 Å². The van der Waals surface area contributed by atoms with Crippen molar-refractivity contribution < 1.29 is 0 Å². The molecule has 0 aromatic carbocycles. The largest absolute Gasteiger partial charge is 0.302 e. The van der Waals surface area contributed by atoms with Crippen LogP contribution in [0.5, 0.6) is 0 Å². The van der Waals surface area contributed by atoms with Crippen LogP contribution in [-0.4, -0.2) is 36.6 Å². The Hall–Kier alpha value is -0.520. The van der Waals surface area contributed by atoms with Gasteiger partial charge in [0, 0.05) is 12.6 Å². The van der Waals surface area contributed by atoms with Gasteiger partial charge in [0.25, 0.3) is 0 Å². The van der Waals surface area contributed by atoms with Crippen LogP contribution in [0.1, 0.15) is 39.5 Å². The van der Waals surface area contributed by atoms with E-state index in [9.17, 15) is 0 Å².